The number of fused-ring (bicyclic) bond motifs is 1. The number of benzene rings is 4. The van der Waals surface area contributed by atoms with Crippen LogP contribution in [0.15, 0.2) is 91.0 Å². The third kappa shape index (κ3) is 5.31. The van der Waals surface area contributed by atoms with Crippen LogP contribution in [-0.4, -0.2) is 30.9 Å². The number of hydrogen-bond donors (Lipinski definition) is 1. The minimum Gasteiger partial charge on any atom is -0.497 e. The van der Waals surface area contributed by atoms with Gasteiger partial charge >= 0.3 is 0 Å². The molecule has 0 bridgehead atoms. The fourth-order valence-electron chi connectivity index (χ4n) is 4.97. The Labute approximate surface area is 230 Å². The van der Waals surface area contributed by atoms with E-state index in [0.717, 1.165) is 11.1 Å². The molecule has 5 rings (SSSR count). The van der Waals surface area contributed by atoms with E-state index in [9.17, 15) is 14.0 Å². The van der Waals surface area contributed by atoms with Crippen LogP contribution in [0.3, 0.4) is 0 Å². The Bertz CT molecular complexity index is 1510. The molecular weight excluding hydrogens is 519 g/mol. The lowest BCUT2D eigenvalue weighted by atomic mass is 9.79. The molecule has 0 fully saturated rings. The lowest BCUT2D eigenvalue weighted by Gasteiger charge is -2.42. The third-order valence-corrected chi connectivity index (χ3v) is 7.16. The Morgan fingerprint density at radius 3 is 2.33 bits per heavy atom. The molecule has 1 aliphatic heterocycles. The second kappa shape index (κ2) is 11.2. The van der Waals surface area contributed by atoms with E-state index in [4.69, 9.17) is 21.1 Å². The van der Waals surface area contributed by atoms with Crippen LogP contribution in [0.4, 0.5) is 10.1 Å². The first-order valence-electron chi connectivity index (χ1n) is 12.3. The molecule has 0 spiro atoms. The largest absolute Gasteiger partial charge is 0.497 e. The minimum absolute atomic E-state index is 0.183. The molecular formula is C31H26ClFN2O4. The molecule has 6 nitrogen and oxygen atoms in total. The molecule has 4 aromatic carbocycles. The maximum atomic E-state index is 14.1. The molecule has 1 aliphatic rings. The standard InChI is InChI=1S/C31H26ClFN2O4/c1-38-23-14-9-20(10-15-23)29-28(30(36)34-22-13-16-27(39-2)26(32)17-22)24-5-3-4-6-25(24)31(37)35(29)18-19-7-11-21(33)12-8-19/h3-17,28-29H,18H2,1-2H3,(H,34,36)/t28-,29-/m1/s1. The number of nitrogens with zero attached hydrogens (tertiary/aromatic N) is 1. The van der Waals surface area contributed by atoms with Crippen LogP contribution in [0.5, 0.6) is 11.5 Å². The number of carbonyl (C=O) groups is 2. The fraction of sp³-hybridized carbons (Fsp3) is 0.161. The van der Waals surface area contributed by atoms with Crippen LogP contribution in [0.1, 0.15) is 39.0 Å². The summed E-state index contributed by atoms with van der Waals surface area (Å²) >= 11 is 6.31. The number of anilines is 1. The van der Waals surface area contributed by atoms with Gasteiger partial charge in [0.05, 0.1) is 31.2 Å². The number of halogens is 2. The van der Waals surface area contributed by atoms with Crippen molar-refractivity contribution in [3.05, 3.63) is 124 Å². The zero-order chi connectivity index (χ0) is 27.5. The summed E-state index contributed by atoms with van der Waals surface area (Å²) in [5.74, 6) is -0.497. The second-order valence-electron chi connectivity index (χ2n) is 9.18. The van der Waals surface area contributed by atoms with Crippen LogP contribution in [-0.2, 0) is 11.3 Å². The summed E-state index contributed by atoms with van der Waals surface area (Å²) in [6.07, 6.45) is 0. The Hall–Kier alpha value is -4.36. The molecule has 2 atom stereocenters. The molecule has 0 unspecified atom stereocenters. The summed E-state index contributed by atoms with van der Waals surface area (Å²) in [6, 6.07) is 24.8. The summed E-state index contributed by atoms with van der Waals surface area (Å²) < 4.78 is 24.2. The molecule has 8 heteroatoms. The zero-order valence-electron chi connectivity index (χ0n) is 21.4. The van der Waals surface area contributed by atoms with Crippen molar-refractivity contribution >= 4 is 29.1 Å². The molecule has 1 N–H and O–H groups in total. The number of methoxy groups -OCH3 is 2. The van der Waals surface area contributed by atoms with Gasteiger partial charge in [0.2, 0.25) is 5.91 Å². The van der Waals surface area contributed by atoms with Gasteiger partial charge in [0.25, 0.3) is 5.91 Å². The quantitative estimate of drug-likeness (QED) is 0.284. The Kier molecular flexibility index (Phi) is 7.52. The first-order valence-corrected chi connectivity index (χ1v) is 12.7. The van der Waals surface area contributed by atoms with Crippen molar-refractivity contribution in [2.45, 2.75) is 18.5 Å². The van der Waals surface area contributed by atoms with Gasteiger partial charge in [0.15, 0.2) is 0 Å². The van der Waals surface area contributed by atoms with Gasteiger partial charge in [-0.25, -0.2) is 4.39 Å². The monoisotopic (exact) mass is 544 g/mol. The molecule has 0 aliphatic carbocycles. The van der Waals surface area contributed by atoms with Crippen molar-refractivity contribution in [1.29, 1.82) is 0 Å². The molecule has 0 saturated heterocycles. The van der Waals surface area contributed by atoms with E-state index >= 15 is 0 Å². The summed E-state index contributed by atoms with van der Waals surface area (Å²) in [6.45, 7) is 0.183. The van der Waals surface area contributed by atoms with Crippen molar-refractivity contribution in [2.24, 2.45) is 0 Å². The molecule has 0 radical (unpaired) electrons. The fourth-order valence-corrected chi connectivity index (χ4v) is 5.23. The van der Waals surface area contributed by atoms with Crippen molar-refractivity contribution in [3.63, 3.8) is 0 Å². The minimum atomic E-state index is -0.756. The Morgan fingerprint density at radius 1 is 0.949 bits per heavy atom. The molecule has 0 saturated carbocycles. The lowest BCUT2D eigenvalue weighted by Crippen LogP contribution is -2.45. The number of ether oxygens (including phenoxy) is 2. The van der Waals surface area contributed by atoms with Gasteiger partial charge in [-0.1, -0.05) is 54.1 Å². The van der Waals surface area contributed by atoms with Crippen LogP contribution < -0.4 is 14.8 Å². The maximum absolute atomic E-state index is 14.1. The summed E-state index contributed by atoms with van der Waals surface area (Å²) in [5.41, 5.74) is 3.06. The molecule has 0 aromatic heterocycles. The number of hydrogen-bond acceptors (Lipinski definition) is 4. The van der Waals surface area contributed by atoms with Gasteiger partial charge < -0.3 is 19.7 Å². The molecule has 2 amide bonds. The van der Waals surface area contributed by atoms with Crippen molar-refractivity contribution in [3.8, 4) is 11.5 Å². The van der Waals surface area contributed by atoms with Crippen LogP contribution in [0.25, 0.3) is 0 Å². The van der Waals surface area contributed by atoms with Gasteiger partial charge in [0.1, 0.15) is 17.3 Å². The highest BCUT2D eigenvalue weighted by molar-refractivity contribution is 6.32. The topological polar surface area (TPSA) is 67.9 Å². The van der Waals surface area contributed by atoms with Gasteiger partial charge in [-0.3, -0.25) is 9.59 Å². The highest BCUT2D eigenvalue weighted by Crippen LogP contribution is 2.44. The maximum Gasteiger partial charge on any atom is 0.255 e. The van der Waals surface area contributed by atoms with E-state index < -0.39 is 12.0 Å². The van der Waals surface area contributed by atoms with Crippen LogP contribution >= 0.6 is 11.6 Å². The van der Waals surface area contributed by atoms with Gasteiger partial charge in [0, 0.05) is 17.8 Å². The van der Waals surface area contributed by atoms with Crippen molar-refractivity contribution < 1.29 is 23.5 Å². The highest BCUT2D eigenvalue weighted by Gasteiger charge is 2.44. The predicted molar refractivity (Wildman–Crippen MR) is 148 cm³/mol. The van der Waals surface area contributed by atoms with Gasteiger partial charge in [-0.05, 0) is 65.2 Å². The van der Waals surface area contributed by atoms with Crippen LogP contribution in [0.2, 0.25) is 5.02 Å². The first-order chi connectivity index (χ1) is 18.9. The number of carbonyl (C=O) groups excluding carboxylic acids is 2. The summed E-state index contributed by atoms with van der Waals surface area (Å²) in [5, 5.41) is 3.34. The number of rotatable bonds is 7. The molecule has 198 valence electrons. The number of nitrogens with one attached hydrogen (secondary N) is 1. The lowest BCUT2D eigenvalue weighted by molar-refractivity contribution is -0.119. The molecule has 1 heterocycles. The molecule has 39 heavy (non-hydrogen) atoms. The SMILES string of the molecule is COc1ccc([C@@H]2[C@H](C(=O)Nc3ccc(OC)c(Cl)c3)c3ccccc3C(=O)N2Cc2ccc(F)cc2)cc1. The van der Waals surface area contributed by atoms with Gasteiger partial charge in [-0.2, -0.15) is 0 Å². The average molecular weight is 545 g/mol. The highest BCUT2D eigenvalue weighted by atomic mass is 35.5. The average Bonchev–Trinajstić information content (AvgIpc) is 2.95. The van der Waals surface area contributed by atoms with E-state index in [0.29, 0.717) is 33.3 Å². The third-order valence-electron chi connectivity index (χ3n) is 6.86. The smallest absolute Gasteiger partial charge is 0.255 e. The normalized spacial score (nSPS) is 16.4. The second-order valence-corrected chi connectivity index (χ2v) is 9.59. The molecule has 4 aromatic rings. The van der Waals surface area contributed by atoms with E-state index in [1.807, 2.05) is 24.3 Å². The van der Waals surface area contributed by atoms with E-state index in [1.54, 1.807) is 66.6 Å². The summed E-state index contributed by atoms with van der Waals surface area (Å²) in [7, 11) is 3.09. The Morgan fingerprint density at radius 2 is 1.67 bits per heavy atom. The van der Waals surface area contributed by atoms with E-state index in [-0.39, 0.29) is 24.2 Å². The van der Waals surface area contributed by atoms with E-state index in [2.05, 4.69) is 5.32 Å². The van der Waals surface area contributed by atoms with Crippen molar-refractivity contribution in [2.75, 3.05) is 19.5 Å². The summed E-state index contributed by atoms with van der Waals surface area (Å²) in [4.78, 5) is 29.6. The zero-order valence-corrected chi connectivity index (χ0v) is 22.1. The number of amides is 2. The predicted octanol–water partition coefficient (Wildman–Crippen LogP) is 6.62. The van der Waals surface area contributed by atoms with Crippen LogP contribution in [0, 0.1) is 5.82 Å². The Balaban J connectivity index is 1.61. The van der Waals surface area contributed by atoms with Gasteiger partial charge in [-0.15, -0.1) is 0 Å². The van der Waals surface area contributed by atoms with E-state index in [1.165, 1.54) is 19.2 Å². The first kappa shape index (κ1) is 26.3. The van der Waals surface area contributed by atoms with Crippen molar-refractivity contribution in [1.82, 2.24) is 4.90 Å².